The first-order chi connectivity index (χ1) is 15.1. The molecule has 2 rings (SSSR count). The Morgan fingerprint density at radius 3 is 2.28 bits per heavy atom. The van der Waals surface area contributed by atoms with Crippen LogP contribution in [0.5, 0.6) is 0 Å². The number of esters is 3. The van der Waals surface area contributed by atoms with Crippen LogP contribution in [0.15, 0.2) is 29.2 Å². The van der Waals surface area contributed by atoms with Crippen LogP contribution in [0.2, 0.25) is 0 Å². The summed E-state index contributed by atoms with van der Waals surface area (Å²) in [6.45, 7) is 0.186. The zero-order chi connectivity index (χ0) is 23.9. The standard InChI is InChI=1S/C20H26N2O9S/c1-29-17(23)11-10-15(19(25)30-2)21-18(24)13-6-8-14(9-7-13)32(27,28)22-12-4-5-16(22)20(26)31-3/h6-9,15-16H,4-5,10-12H2,1-3H3,(H,21,24)/t15-,16+/m0/s1. The van der Waals surface area contributed by atoms with Gasteiger partial charge in [-0.1, -0.05) is 0 Å². The van der Waals surface area contributed by atoms with Gasteiger partial charge in [0.2, 0.25) is 10.0 Å². The van der Waals surface area contributed by atoms with Crippen LogP contribution in [0, 0.1) is 0 Å². The van der Waals surface area contributed by atoms with Crippen molar-refractivity contribution in [2.45, 2.75) is 42.7 Å². The summed E-state index contributed by atoms with van der Waals surface area (Å²) in [5.74, 6) is -2.55. The number of amides is 1. The highest BCUT2D eigenvalue weighted by molar-refractivity contribution is 7.89. The number of ether oxygens (including phenoxy) is 3. The zero-order valence-electron chi connectivity index (χ0n) is 18.0. The molecule has 1 aliphatic heterocycles. The molecule has 1 aromatic carbocycles. The quantitative estimate of drug-likeness (QED) is 0.396. The van der Waals surface area contributed by atoms with Gasteiger partial charge in [-0.15, -0.1) is 0 Å². The van der Waals surface area contributed by atoms with E-state index >= 15 is 0 Å². The van der Waals surface area contributed by atoms with Gasteiger partial charge < -0.3 is 19.5 Å². The summed E-state index contributed by atoms with van der Waals surface area (Å²) in [5.41, 5.74) is 0.0989. The maximum Gasteiger partial charge on any atom is 0.328 e. The Balaban J connectivity index is 2.14. The lowest BCUT2D eigenvalue weighted by molar-refractivity contribution is -0.145. The summed E-state index contributed by atoms with van der Waals surface area (Å²) in [4.78, 5) is 47.6. The van der Waals surface area contributed by atoms with E-state index in [1.54, 1.807) is 0 Å². The molecule has 0 spiro atoms. The third kappa shape index (κ3) is 5.82. The van der Waals surface area contributed by atoms with Crippen molar-refractivity contribution < 1.29 is 41.8 Å². The van der Waals surface area contributed by atoms with E-state index < -0.39 is 45.9 Å². The number of benzene rings is 1. The number of rotatable bonds is 9. The second-order valence-electron chi connectivity index (χ2n) is 6.99. The molecule has 0 bridgehead atoms. The highest BCUT2D eigenvalue weighted by Crippen LogP contribution is 2.27. The van der Waals surface area contributed by atoms with Crippen molar-refractivity contribution in [1.82, 2.24) is 9.62 Å². The van der Waals surface area contributed by atoms with E-state index in [0.29, 0.717) is 12.8 Å². The highest BCUT2D eigenvalue weighted by atomic mass is 32.2. The Bertz CT molecular complexity index is 960. The van der Waals surface area contributed by atoms with E-state index in [4.69, 9.17) is 0 Å². The van der Waals surface area contributed by atoms with Gasteiger partial charge in [-0.2, -0.15) is 4.31 Å². The summed E-state index contributed by atoms with van der Waals surface area (Å²) in [5, 5.41) is 2.46. The number of carbonyl (C=O) groups excluding carboxylic acids is 4. The van der Waals surface area contributed by atoms with Crippen molar-refractivity contribution in [2.75, 3.05) is 27.9 Å². The number of nitrogens with one attached hydrogen (secondary N) is 1. The molecule has 2 atom stereocenters. The van der Waals surface area contributed by atoms with E-state index in [1.807, 2.05) is 0 Å². The monoisotopic (exact) mass is 470 g/mol. The molecule has 12 heteroatoms. The molecule has 1 heterocycles. The summed E-state index contributed by atoms with van der Waals surface area (Å²) in [6.07, 6.45) is 0.763. The maximum absolute atomic E-state index is 12.9. The lowest BCUT2D eigenvalue weighted by atomic mass is 10.1. The van der Waals surface area contributed by atoms with Gasteiger partial charge in [0.05, 0.1) is 26.2 Å². The van der Waals surface area contributed by atoms with Crippen molar-refractivity contribution in [2.24, 2.45) is 0 Å². The van der Waals surface area contributed by atoms with Gasteiger partial charge in [0.1, 0.15) is 12.1 Å². The molecule has 1 aliphatic rings. The van der Waals surface area contributed by atoms with Crippen LogP contribution < -0.4 is 5.32 Å². The van der Waals surface area contributed by atoms with Gasteiger partial charge in [-0.25, -0.2) is 13.2 Å². The van der Waals surface area contributed by atoms with Crippen LogP contribution in [-0.4, -0.2) is 76.5 Å². The highest BCUT2D eigenvalue weighted by Gasteiger charge is 2.40. The molecule has 32 heavy (non-hydrogen) atoms. The predicted molar refractivity (Wildman–Crippen MR) is 110 cm³/mol. The minimum atomic E-state index is -3.97. The van der Waals surface area contributed by atoms with Gasteiger partial charge in [-0.05, 0) is 43.5 Å². The summed E-state index contributed by atoms with van der Waals surface area (Å²) in [7, 11) is -0.412. The SMILES string of the molecule is COC(=O)CC[C@H](NC(=O)c1ccc(S(=O)(=O)N2CCC[C@@H]2C(=O)OC)cc1)C(=O)OC. The fourth-order valence-corrected chi connectivity index (χ4v) is 4.96. The van der Waals surface area contributed by atoms with Crippen molar-refractivity contribution in [3.63, 3.8) is 0 Å². The second-order valence-corrected chi connectivity index (χ2v) is 8.88. The van der Waals surface area contributed by atoms with Crippen molar-refractivity contribution >= 4 is 33.8 Å². The Labute approximate surface area is 186 Å². The summed E-state index contributed by atoms with van der Waals surface area (Å²) in [6, 6.07) is 3.11. The van der Waals surface area contributed by atoms with Crippen LogP contribution >= 0.6 is 0 Å². The number of carbonyl (C=O) groups is 4. The molecular weight excluding hydrogens is 444 g/mol. The molecule has 0 unspecified atom stereocenters. The Kier molecular flexibility index (Phi) is 8.72. The Morgan fingerprint density at radius 1 is 1.06 bits per heavy atom. The lowest BCUT2D eigenvalue weighted by Crippen LogP contribution is -2.42. The van der Waals surface area contributed by atoms with Gasteiger partial charge in [0.15, 0.2) is 0 Å². The average Bonchev–Trinajstić information content (AvgIpc) is 3.31. The third-order valence-corrected chi connectivity index (χ3v) is 6.98. The number of nitrogens with zero attached hydrogens (tertiary/aromatic N) is 1. The van der Waals surface area contributed by atoms with Gasteiger partial charge in [0.25, 0.3) is 5.91 Å². The average molecular weight is 471 g/mol. The molecule has 11 nitrogen and oxygen atoms in total. The van der Waals surface area contributed by atoms with E-state index in [9.17, 15) is 27.6 Å². The number of hydrogen-bond donors (Lipinski definition) is 1. The number of sulfonamides is 1. The Morgan fingerprint density at radius 2 is 1.72 bits per heavy atom. The molecule has 0 aromatic heterocycles. The lowest BCUT2D eigenvalue weighted by Gasteiger charge is -2.22. The smallest absolute Gasteiger partial charge is 0.328 e. The largest absolute Gasteiger partial charge is 0.469 e. The zero-order valence-corrected chi connectivity index (χ0v) is 18.8. The first-order valence-electron chi connectivity index (χ1n) is 9.81. The fraction of sp³-hybridized carbons (Fsp3) is 0.500. The molecule has 1 fully saturated rings. The van der Waals surface area contributed by atoms with Crippen molar-refractivity contribution in [1.29, 1.82) is 0 Å². The molecule has 1 aromatic rings. The predicted octanol–water partition coefficient (Wildman–Crippen LogP) is 0.237. The van der Waals surface area contributed by atoms with Crippen molar-refractivity contribution in [3.05, 3.63) is 29.8 Å². The molecular formula is C20H26N2O9S. The first kappa shape index (κ1) is 25.3. The van der Waals surface area contributed by atoms with Crippen LogP contribution in [0.1, 0.15) is 36.0 Å². The molecule has 1 amide bonds. The van der Waals surface area contributed by atoms with Crippen molar-refractivity contribution in [3.8, 4) is 0 Å². The summed E-state index contributed by atoms with van der Waals surface area (Å²) >= 11 is 0. The first-order valence-corrected chi connectivity index (χ1v) is 11.2. The normalized spacial score (nSPS) is 17.3. The second kappa shape index (κ2) is 11.0. The molecule has 1 saturated heterocycles. The van der Waals surface area contributed by atoms with Crippen LogP contribution in [0.25, 0.3) is 0 Å². The van der Waals surface area contributed by atoms with E-state index in [1.165, 1.54) is 38.5 Å². The molecule has 0 aliphatic carbocycles. The molecule has 0 saturated carbocycles. The van der Waals surface area contributed by atoms with Crippen LogP contribution in [0.4, 0.5) is 0 Å². The molecule has 0 radical (unpaired) electrons. The maximum atomic E-state index is 12.9. The van der Waals surface area contributed by atoms with Crippen LogP contribution in [0.3, 0.4) is 0 Å². The number of methoxy groups -OCH3 is 3. The fourth-order valence-electron chi connectivity index (χ4n) is 3.31. The van der Waals surface area contributed by atoms with E-state index in [2.05, 4.69) is 19.5 Å². The summed E-state index contributed by atoms with van der Waals surface area (Å²) < 4.78 is 40.8. The van der Waals surface area contributed by atoms with Gasteiger partial charge in [-0.3, -0.25) is 14.4 Å². The minimum absolute atomic E-state index is 0.0264. The van der Waals surface area contributed by atoms with E-state index in [0.717, 1.165) is 11.4 Å². The topological polar surface area (TPSA) is 145 Å². The minimum Gasteiger partial charge on any atom is -0.469 e. The molecule has 176 valence electrons. The Hall–Kier alpha value is -2.99. The van der Waals surface area contributed by atoms with Gasteiger partial charge >= 0.3 is 17.9 Å². The third-order valence-electron chi connectivity index (χ3n) is 5.06. The molecule has 1 N–H and O–H groups in total. The number of hydrogen-bond acceptors (Lipinski definition) is 9. The van der Waals surface area contributed by atoms with E-state index in [-0.39, 0.29) is 29.8 Å². The van der Waals surface area contributed by atoms with Crippen LogP contribution in [-0.2, 0) is 38.6 Å². The van der Waals surface area contributed by atoms with Gasteiger partial charge in [0, 0.05) is 18.5 Å².